The number of ether oxygens (including phenoxy) is 1. The summed E-state index contributed by atoms with van der Waals surface area (Å²) in [4.78, 5) is 0. The van der Waals surface area contributed by atoms with E-state index in [4.69, 9.17) is 4.74 Å². The molecule has 0 fully saturated rings. The molecule has 130 valence electrons. The zero-order chi connectivity index (χ0) is 18.6. The Hall–Kier alpha value is -3.34. The Morgan fingerprint density at radius 2 is 1.69 bits per heavy atom. The summed E-state index contributed by atoms with van der Waals surface area (Å²) in [5, 5.41) is 20.8. The Kier molecular flexibility index (Phi) is 3.47. The zero-order valence-corrected chi connectivity index (χ0v) is 13.8. The van der Waals surface area contributed by atoms with Crippen LogP contribution in [0.3, 0.4) is 0 Å². The second-order valence-electron chi connectivity index (χ2n) is 6.14. The first kappa shape index (κ1) is 16.1. The van der Waals surface area contributed by atoms with Gasteiger partial charge >= 0.3 is 0 Å². The number of phenolic OH excluding ortho intramolecular Hbond substituents is 2. The highest BCUT2D eigenvalue weighted by atomic mass is 19.1. The molecule has 4 rings (SSSR count). The second-order valence-corrected chi connectivity index (χ2v) is 6.14. The van der Waals surface area contributed by atoms with Crippen molar-refractivity contribution >= 4 is 12.2 Å². The summed E-state index contributed by atoms with van der Waals surface area (Å²) in [7, 11) is 0. The summed E-state index contributed by atoms with van der Waals surface area (Å²) in [6.45, 7) is 5.16. The molecule has 0 amide bonds. The quantitative estimate of drug-likeness (QED) is 0.552. The Labute approximate surface area is 147 Å². The van der Waals surface area contributed by atoms with Gasteiger partial charge < -0.3 is 14.9 Å². The molecule has 0 saturated heterocycles. The highest BCUT2D eigenvalue weighted by molar-refractivity contribution is 5.88. The first-order valence-corrected chi connectivity index (χ1v) is 7.90. The number of halogens is 2. The molecule has 1 aliphatic rings. The maximum atomic E-state index is 14.2. The summed E-state index contributed by atoms with van der Waals surface area (Å²) in [5.74, 6) is -1.35. The van der Waals surface area contributed by atoms with E-state index in [1.807, 2.05) is 0 Å². The van der Waals surface area contributed by atoms with Crippen LogP contribution in [0.15, 0.2) is 42.5 Å². The maximum Gasteiger partial charge on any atom is 0.165 e. The number of rotatable bonds is 1. The van der Waals surface area contributed by atoms with Crippen molar-refractivity contribution < 1.29 is 23.7 Å². The van der Waals surface area contributed by atoms with Gasteiger partial charge in [-0.25, -0.2) is 8.78 Å². The minimum atomic E-state index is -0.824. The van der Waals surface area contributed by atoms with Gasteiger partial charge in [0.15, 0.2) is 11.6 Å². The van der Waals surface area contributed by atoms with Crippen molar-refractivity contribution in [2.24, 2.45) is 0 Å². The van der Waals surface area contributed by atoms with Crippen LogP contribution in [0.1, 0.15) is 16.7 Å². The molecule has 3 aromatic carbocycles. The fraction of sp³-hybridized carbons (Fsp3) is 0.0476. The SMILES string of the molecule is C=c1cc2c(cc1F)=C(c1ccccc1O)c1cc(F)c(O)c(C)c1O2. The molecule has 1 heterocycles. The molecule has 0 saturated carbocycles. The number of para-hydroxylation sites is 1. The first-order valence-electron chi connectivity index (χ1n) is 7.90. The number of hydrogen-bond donors (Lipinski definition) is 2. The van der Waals surface area contributed by atoms with Crippen molar-refractivity contribution in [1.82, 2.24) is 0 Å². The molecule has 0 aliphatic carbocycles. The predicted molar refractivity (Wildman–Crippen MR) is 93.8 cm³/mol. The van der Waals surface area contributed by atoms with Crippen molar-refractivity contribution in [2.45, 2.75) is 6.92 Å². The fourth-order valence-corrected chi connectivity index (χ4v) is 3.17. The Morgan fingerprint density at radius 1 is 0.962 bits per heavy atom. The normalized spacial score (nSPS) is 12.3. The summed E-state index contributed by atoms with van der Waals surface area (Å²) in [6, 6.07) is 10.3. The number of phenols is 2. The van der Waals surface area contributed by atoms with Gasteiger partial charge in [-0.2, -0.15) is 0 Å². The first-order chi connectivity index (χ1) is 12.4. The van der Waals surface area contributed by atoms with Gasteiger partial charge in [-0.05, 0) is 31.2 Å². The van der Waals surface area contributed by atoms with Crippen LogP contribution in [0.5, 0.6) is 23.0 Å². The van der Waals surface area contributed by atoms with Gasteiger partial charge in [0.1, 0.15) is 23.1 Å². The number of aromatic hydroxyl groups is 2. The molecule has 0 radical (unpaired) electrons. The maximum absolute atomic E-state index is 14.2. The van der Waals surface area contributed by atoms with Gasteiger partial charge in [-0.3, -0.25) is 0 Å². The molecule has 0 atom stereocenters. The van der Waals surface area contributed by atoms with Gasteiger partial charge in [-0.15, -0.1) is 0 Å². The van der Waals surface area contributed by atoms with E-state index in [2.05, 4.69) is 6.58 Å². The second kappa shape index (κ2) is 5.59. The van der Waals surface area contributed by atoms with E-state index < -0.39 is 17.4 Å². The lowest BCUT2D eigenvalue weighted by Crippen LogP contribution is -2.22. The molecular formula is C21H14F2O3. The van der Waals surface area contributed by atoms with Gasteiger partial charge in [0.05, 0.1) is 0 Å². The van der Waals surface area contributed by atoms with Crippen molar-refractivity contribution in [3.63, 3.8) is 0 Å². The summed E-state index contributed by atoms with van der Waals surface area (Å²) < 4.78 is 34.2. The van der Waals surface area contributed by atoms with E-state index in [-0.39, 0.29) is 22.3 Å². The zero-order valence-electron chi connectivity index (χ0n) is 13.8. The van der Waals surface area contributed by atoms with E-state index >= 15 is 0 Å². The minimum Gasteiger partial charge on any atom is -0.507 e. The molecule has 2 N–H and O–H groups in total. The van der Waals surface area contributed by atoms with Crippen LogP contribution < -0.4 is 15.2 Å². The monoisotopic (exact) mass is 352 g/mol. The molecule has 0 unspecified atom stereocenters. The van der Waals surface area contributed by atoms with Gasteiger partial charge in [0.25, 0.3) is 0 Å². The smallest absolute Gasteiger partial charge is 0.165 e. The third-order valence-corrected chi connectivity index (χ3v) is 4.51. The largest absolute Gasteiger partial charge is 0.507 e. The molecule has 3 aromatic rings. The number of hydrogen-bond acceptors (Lipinski definition) is 3. The third-order valence-electron chi connectivity index (χ3n) is 4.51. The van der Waals surface area contributed by atoms with Crippen LogP contribution in [0.25, 0.3) is 12.2 Å². The van der Waals surface area contributed by atoms with E-state index in [0.29, 0.717) is 27.7 Å². The standard InChI is InChI=1S/C21H14F2O3/c1-10-7-18-13(8-15(10)22)19(12-5-3-4-6-17(12)24)14-9-16(23)20(25)11(2)21(14)26-18/h3-9,24-25H,1H2,2H3. The lowest BCUT2D eigenvalue weighted by atomic mass is 9.90. The molecule has 0 spiro atoms. The Balaban J connectivity index is 2.23. The minimum absolute atomic E-state index is 0.0356. The lowest BCUT2D eigenvalue weighted by molar-refractivity contribution is 0.412. The van der Waals surface area contributed by atoms with E-state index in [9.17, 15) is 19.0 Å². The van der Waals surface area contributed by atoms with Gasteiger partial charge in [-0.1, -0.05) is 24.8 Å². The van der Waals surface area contributed by atoms with Crippen molar-refractivity contribution in [1.29, 1.82) is 0 Å². The molecular weight excluding hydrogens is 338 g/mol. The highest BCUT2D eigenvalue weighted by Crippen LogP contribution is 2.43. The summed E-state index contributed by atoms with van der Waals surface area (Å²) in [6.07, 6.45) is 0. The van der Waals surface area contributed by atoms with Crippen molar-refractivity contribution in [3.8, 4) is 23.0 Å². The van der Waals surface area contributed by atoms with Crippen molar-refractivity contribution in [3.05, 3.63) is 81.2 Å². The van der Waals surface area contributed by atoms with Crippen LogP contribution in [-0.4, -0.2) is 10.2 Å². The summed E-state index contributed by atoms with van der Waals surface area (Å²) >= 11 is 0. The predicted octanol–water partition coefficient (Wildman–Crippen LogP) is 3.45. The van der Waals surface area contributed by atoms with E-state index in [1.54, 1.807) is 18.2 Å². The van der Waals surface area contributed by atoms with Crippen molar-refractivity contribution in [2.75, 3.05) is 0 Å². The van der Waals surface area contributed by atoms with Crippen LogP contribution in [0.4, 0.5) is 8.78 Å². The Bertz CT molecular complexity index is 1180. The highest BCUT2D eigenvalue weighted by Gasteiger charge is 2.27. The average molecular weight is 352 g/mol. The van der Waals surface area contributed by atoms with E-state index in [1.165, 1.54) is 25.1 Å². The Morgan fingerprint density at radius 3 is 2.42 bits per heavy atom. The molecule has 1 aliphatic heterocycles. The molecule has 3 nitrogen and oxygen atoms in total. The third kappa shape index (κ3) is 2.24. The van der Waals surface area contributed by atoms with Gasteiger partial charge in [0, 0.05) is 32.7 Å². The summed E-state index contributed by atoms with van der Waals surface area (Å²) in [5.41, 5.74) is 1.36. The molecule has 0 bridgehead atoms. The number of fused-ring (bicyclic) bond motifs is 2. The fourth-order valence-electron chi connectivity index (χ4n) is 3.17. The number of benzene rings is 3. The molecule has 0 aromatic heterocycles. The van der Waals surface area contributed by atoms with Crippen LogP contribution in [0.2, 0.25) is 0 Å². The topological polar surface area (TPSA) is 49.7 Å². The van der Waals surface area contributed by atoms with Crippen LogP contribution >= 0.6 is 0 Å². The lowest BCUT2D eigenvalue weighted by Gasteiger charge is -2.24. The van der Waals surface area contributed by atoms with E-state index in [0.717, 1.165) is 6.07 Å². The molecule has 26 heavy (non-hydrogen) atoms. The average Bonchev–Trinajstić information content (AvgIpc) is 2.61. The van der Waals surface area contributed by atoms with Crippen LogP contribution in [0, 0.1) is 18.6 Å². The van der Waals surface area contributed by atoms with Gasteiger partial charge in [0.2, 0.25) is 0 Å². The van der Waals surface area contributed by atoms with Crippen LogP contribution in [-0.2, 0) is 0 Å². The molecule has 5 heteroatoms.